The predicted octanol–water partition coefficient (Wildman–Crippen LogP) is 2.52. The number of hydrogen-bond donors (Lipinski definition) is 1. The molecular formula is C14H21NO2. The summed E-state index contributed by atoms with van der Waals surface area (Å²) in [7, 11) is 0. The van der Waals surface area contributed by atoms with Gasteiger partial charge in [0.25, 0.3) is 0 Å². The van der Waals surface area contributed by atoms with Gasteiger partial charge in [0.05, 0.1) is 6.10 Å². The topological polar surface area (TPSA) is 44.5 Å². The van der Waals surface area contributed by atoms with Crippen molar-refractivity contribution in [2.24, 2.45) is 5.73 Å². The van der Waals surface area contributed by atoms with Crippen LogP contribution in [0.3, 0.4) is 0 Å². The Hall–Kier alpha value is -1.22. The zero-order valence-electron chi connectivity index (χ0n) is 10.8. The minimum absolute atomic E-state index is 0.124. The first-order valence-corrected chi connectivity index (χ1v) is 6.19. The second kappa shape index (κ2) is 4.57. The highest BCUT2D eigenvalue weighted by Gasteiger charge is 2.32. The molecule has 2 rings (SSSR count). The second-order valence-electron chi connectivity index (χ2n) is 5.29. The lowest BCUT2D eigenvalue weighted by atomic mass is 10.0. The van der Waals surface area contributed by atoms with Crippen molar-refractivity contribution < 1.29 is 9.47 Å². The van der Waals surface area contributed by atoms with Crippen LogP contribution in [0.5, 0.6) is 11.5 Å². The molecule has 1 aromatic carbocycles. The third-order valence-electron chi connectivity index (χ3n) is 2.96. The Bertz CT molecular complexity index is 401. The molecule has 0 spiro atoms. The van der Waals surface area contributed by atoms with E-state index >= 15 is 0 Å². The average molecular weight is 235 g/mol. The number of ether oxygens (including phenoxy) is 2. The monoisotopic (exact) mass is 235 g/mol. The molecule has 0 fully saturated rings. The molecule has 1 atom stereocenters. The fraction of sp³-hybridized carbons (Fsp3) is 0.571. The molecule has 94 valence electrons. The lowest BCUT2D eigenvalue weighted by molar-refractivity contribution is 0.126. The molecule has 1 unspecified atom stereocenters. The van der Waals surface area contributed by atoms with Gasteiger partial charge in [-0.05, 0) is 39.8 Å². The van der Waals surface area contributed by atoms with Gasteiger partial charge in [-0.3, -0.25) is 0 Å². The van der Waals surface area contributed by atoms with E-state index in [1.54, 1.807) is 0 Å². The normalized spacial score (nSPS) is 18.4. The first kappa shape index (κ1) is 12.2. The quantitative estimate of drug-likeness (QED) is 0.872. The van der Waals surface area contributed by atoms with Gasteiger partial charge in [0.1, 0.15) is 5.60 Å². The molecule has 0 bridgehead atoms. The maximum atomic E-state index is 5.95. The van der Waals surface area contributed by atoms with Gasteiger partial charge in [-0.15, -0.1) is 0 Å². The Kier molecular flexibility index (Phi) is 3.29. The van der Waals surface area contributed by atoms with Crippen LogP contribution in [0.1, 0.15) is 32.8 Å². The molecule has 1 heterocycles. The minimum Gasteiger partial charge on any atom is -0.487 e. The van der Waals surface area contributed by atoms with E-state index in [9.17, 15) is 0 Å². The van der Waals surface area contributed by atoms with E-state index < -0.39 is 0 Å². The lowest BCUT2D eigenvalue weighted by Gasteiger charge is -2.20. The molecule has 3 heteroatoms. The Labute approximate surface area is 103 Å². The van der Waals surface area contributed by atoms with Crippen molar-refractivity contribution in [2.75, 3.05) is 6.54 Å². The van der Waals surface area contributed by atoms with Crippen molar-refractivity contribution in [3.05, 3.63) is 23.8 Å². The summed E-state index contributed by atoms with van der Waals surface area (Å²) in [6.07, 6.45) is 1.91. The standard InChI is InChI=1S/C14H21NO2/c1-10(7-8-15)16-12-6-4-5-11-9-14(2,3)17-13(11)12/h4-6,10H,7-9,15H2,1-3H3. The van der Waals surface area contributed by atoms with Gasteiger partial charge in [-0.2, -0.15) is 0 Å². The van der Waals surface area contributed by atoms with Gasteiger partial charge in [0.15, 0.2) is 11.5 Å². The molecule has 0 saturated carbocycles. The molecule has 1 aliphatic heterocycles. The van der Waals surface area contributed by atoms with Crippen molar-refractivity contribution in [3.8, 4) is 11.5 Å². The first-order valence-electron chi connectivity index (χ1n) is 6.19. The summed E-state index contributed by atoms with van der Waals surface area (Å²) in [5, 5.41) is 0. The highest BCUT2D eigenvalue weighted by molar-refractivity contribution is 5.50. The average Bonchev–Trinajstić information content (AvgIpc) is 2.53. The number of rotatable bonds is 4. The smallest absolute Gasteiger partial charge is 0.165 e. The molecule has 1 aromatic rings. The van der Waals surface area contributed by atoms with E-state index in [4.69, 9.17) is 15.2 Å². The molecule has 1 aliphatic rings. The molecule has 0 amide bonds. The fourth-order valence-corrected chi connectivity index (χ4v) is 2.19. The molecule has 2 N–H and O–H groups in total. The van der Waals surface area contributed by atoms with E-state index in [1.807, 2.05) is 19.1 Å². The second-order valence-corrected chi connectivity index (χ2v) is 5.29. The van der Waals surface area contributed by atoms with E-state index in [0.717, 1.165) is 24.3 Å². The van der Waals surface area contributed by atoms with E-state index in [1.165, 1.54) is 5.56 Å². The molecule has 17 heavy (non-hydrogen) atoms. The van der Waals surface area contributed by atoms with Crippen molar-refractivity contribution >= 4 is 0 Å². The summed E-state index contributed by atoms with van der Waals surface area (Å²) in [5.41, 5.74) is 6.63. The Morgan fingerprint density at radius 3 is 2.94 bits per heavy atom. The van der Waals surface area contributed by atoms with Gasteiger partial charge in [-0.25, -0.2) is 0 Å². The van der Waals surface area contributed by atoms with Gasteiger partial charge in [0, 0.05) is 12.0 Å². The van der Waals surface area contributed by atoms with Crippen LogP contribution in [0.25, 0.3) is 0 Å². The maximum Gasteiger partial charge on any atom is 0.165 e. The summed E-state index contributed by atoms with van der Waals surface area (Å²) in [4.78, 5) is 0. The van der Waals surface area contributed by atoms with Gasteiger partial charge >= 0.3 is 0 Å². The van der Waals surface area contributed by atoms with E-state index in [-0.39, 0.29) is 11.7 Å². The van der Waals surface area contributed by atoms with Crippen LogP contribution < -0.4 is 15.2 Å². The van der Waals surface area contributed by atoms with Crippen molar-refractivity contribution in [1.29, 1.82) is 0 Å². The zero-order valence-corrected chi connectivity index (χ0v) is 10.8. The van der Waals surface area contributed by atoms with Gasteiger partial charge in [0.2, 0.25) is 0 Å². The van der Waals surface area contributed by atoms with Crippen molar-refractivity contribution in [3.63, 3.8) is 0 Å². The van der Waals surface area contributed by atoms with Gasteiger partial charge < -0.3 is 15.2 Å². The minimum atomic E-state index is -0.126. The summed E-state index contributed by atoms with van der Waals surface area (Å²) < 4.78 is 11.8. The summed E-state index contributed by atoms with van der Waals surface area (Å²) in [6, 6.07) is 6.09. The first-order chi connectivity index (χ1) is 8.02. The van der Waals surface area contributed by atoms with E-state index in [2.05, 4.69) is 19.9 Å². The Morgan fingerprint density at radius 2 is 2.24 bits per heavy atom. The maximum absolute atomic E-state index is 5.95. The van der Waals surface area contributed by atoms with Crippen LogP contribution >= 0.6 is 0 Å². The highest BCUT2D eigenvalue weighted by Crippen LogP contribution is 2.42. The predicted molar refractivity (Wildman–Crippen MR) is 68.6 cm³/mol. The highest BCUT2D eigenvalue weighted by atomic mass is 16.5. The number of fused-ring (bicyclic) bond motifs is 1. The number of hydrogen-bond acceptors (Lipinski definition) is 3. The van der Waals surface area contributed by atoms with Gasteiger partial charge in [-0.1, -0.05) is 12.1 Å². The van der Waals surface area contributed by atoms with Crippen LogP contribution in [0.15, 0.2) is 18.2 Å². The number of benzene rings is 1. The molecule has 0 radical (unpaired) electrons. The number of nitrogens with two attached hydrogens (primary N) is 1. The molecule has 0 saturated heterocycles. The Balaban J connectivity index is 2.18. The number of para-hydroxylation sites is 1. The Morgan fingerprint density at radius 1 is 1.47 bits per heavy atom. The fourth-order valence-electron chi connectivity index (χ4n) is 2.19. The largest absolute Gasteiger partial charge is 0.487 e. The summed E-state index contributed by atoms with van der Waals surface area (Å²) in [5.74, 6) is 1.75. The lowest BCUT2D eigenvalue weighted by Crippen LogP contribution is -2.25. The van der Waals surface area contributed by atoms with Crippen molar-refractivity contribution in [1.82, 2.24) is 0 Å². The van der Waals surface area contributed by atoms with Crippen LogP contribution in [0.4, 0.5) is 0 Å². The van der Waals surface area contributed by atoms with Crippen LogP contribution in [0, 0.1) is 0 Å². The SMILES string of the molecule is CC(CCN)Oc1cccc2c1OC(C)(C)C2. The molecular weight excluding hydrogens is 214 g/mol. The molecule has 0 aliphatic carbocycles. The van der Waals surface area contributed by atoms with Crippen molar-refractivity contribution in [2.45, 2.75) is 45.3 Å². The van der Waals surface area contributed by atoms with Crippen LogP contribution in [-0.2, 0) is 6.42 Å². The third-order valence-corrected chi connectivity index (χ3v) is 2.96. The summed E-state index contributed by atoms with van der Waals surface area (Å²) >= 11 is 0. The zero-order chi connectivity index (χ0) is 12.5. The van der Waals surface area contributed by atoms with E-state index in [0.29, 0.717) is 6.54 Å². The molecule has 3 nitrogen and oxygen atoms in total. The summed E-state index contributed by atoms with van der Waals surface area (Å²) in [6.45, 7) is 6.87. The third kappa shape index (κ3) is 2.72. The molecule has 0 aromatic heterocycles. The van der Waals surface area contributed by atoms with Crippen LogP contribution in [-0.4, -0.2) is 18.2 Å². The van der Waals surface area contributed by atoms with Crippen LogP contribution in [0.2, 0.25) is 0 Å².